The largest absolute Gasteiger partial charge is 0.467 e. The molecule has 1 saturated carbocycles. The number of non-ortho nitro benzene ring substituents is 1. The number of methoxy groups -OCH3 is 1. The molecule has 116 valence electrons. The van der Waals surface area contributed by atoms with E-state index in [1.165, 1.54) is 19.2 Å². The summed E-state index contributed by atoms with van der Waals surface area (Å²) in [5.41, 5.74) is -0.423. The SMILES string of the molecule is COC(=O)[C@]1(Cc2ccc([N+](=O)[O-])cc2)N=N[C@H](C)C12CC2. The van der Waals surface area contributed by atoms with E-state index in [1.54, 1.807) is 12.1 Å². The second kappa shape index (κ2) is 4.86. The smallest absolute Gasteiger partial charge is 0.336 e. The lowest BCUT2D eigenvalue weighted by Crippen LogP contribution is -2.48. The summed E-state index contributed by atoms with van der Waals surface area (Å²) in [5, 5.41) is 19.3. The van der Waals surface area contributed by atoms with E-state index in [2.05, 4.69) is 10.2 Å². The Morgan fingerprint density at radius 3 is 2.55 bits per heavy atom. The summed E-state index contributed by atoms with van der Waals surface area (Å²) < 4.78 is 4.99. The molecule has 0 amide bonds. The van der Waals surface area contributed by atoms with Gasteiger partial charge in [0.05, 0.1) is 18.1 Å². The third kappa shape index (κ3) is 1.92. The van der Waals surface area contributed by atoms with E-state index in [9.17, 15) is 14.9 Å². The zero-order chi connectivity index (χ0) is 16.0. The molecule has 1 aliphatic heterocycles. The fourth-order valence-corrected chi connectivity index (χ4v) is 3.43. The summed E-state index contributed by atoms with van der Waals surface area (Å²) in [5.74, 6) is -0.378. The van der Waals surface area contributed by atoms with Gasteiger partial charge in [0.2, 0.25) is 0 Å². The Morgan fingerprint density at radius 2 is 2.05 bits per heavy atom. The van der Waals surface area contributed by atoms with Crippen molar-refractivity contribution in [1.29, 1.82) is 0 Å². The van der Waals surface area contributed by atoms with Crippen LogP contribution in [0.5, 0.6) is 0 Å². The molecule has 0 aromatic heterocycles. The first-order valence-corrected chi connectivity index (χ1v) is 7.19. The van der Waals surface area contributed by atoms with Crippen molar-refractivity contribution in [3.8, 4) is 0 Å². The third-order valence-corrected chi connectivity index (χ3v) is 4.94. The van der Waals surface area contributed by atoms with E-state index in [-0.39, 0.29) is 23.1 Å². The average Bonchev–Trinajstić information content (AvgIpc) is 3.28. The molecule has 1 aromatic rings. The molecule has 0 saturated heterocycles. The van der Waals surface area contributed by atoms with Crippen LogP contribution >= 0.6 is 0 Å². The van der Waals surface area contributed by atoms with Gasteiger partial charge in [-0.2, -0.15) is 10.2 Å². The number of esters is 1. The summed E-state index contributed by atoms with van der Waals surface area (Å²) in [4.78, 5) is 22.7. The minimum absolute atomic E-state index is 0.00958. The summed E-state index contributed by atoms with van der Waals surface area (Å²) in [6.07, 6.45) is 2.14. The number of carbonyl (C=O) groups excluding carboxylic acids is 1. The van der Waals surface area contributed by atoms with Crippen LogP contribution in [0.2, 0.25) is 0 Å². The number of nitro benzene ring substituents is 1. The van der Waals surface area contributed by atoms with Crippen LogP contribution < -0.4 is 0 Å². The van der Waals surface area contributed by atoms with Crippen LogP contribution in [0, 0.1) is 15.5 Å². The van der Waals surface area contributed by atoms with Gasteiger partial charge in [0.25, 0.3) is 5.69 Å². The highest BCUT2D eigenvalue weighted by atomic mass is 16.6. The van der Waals surface area contributed by atoms with E-state index in [0.29, 0.717) is 6.42 Å². The molecule has 2 atom stereocenters. The molecule has 1 aliphatic carbocycles. The van der Waals surface area contributed by atoms with Gasteiger partial charge in [-0.1, -0.05) is 12.1 Å². The molecule has 1 spiro atoms. The number of ether oxygens (including phenoxy) is 1. The average molecular weight is 303 g/mol. The molecule has 1 aromatic carbocycles. The van der Waals surface area contributed by atoms with Gasteiger partial charge in [-0.05, 0) is 25.3 Å². The Balaban J connectivity index is 1.94. The number of azo groups is 1. The fourth-order valence-electron chi connectivity index (χ4n) is 3.43. The van der Waals surface area contributed by atoms with Gasteiger partial charge < -0.3 is 4.74 Å². The monoisotopic (exact) mass is 303 g/mol. The first-order chi connectivity index (χ1) is 10.4. The Labute approximate surface area is 127 Å². The quantitative estimate of drug-likeness (QED) is 0.485. The topological polar surface area (TPSA) is 94.2 Å². The lowest BCUT2D eigenvalue weighted by Gasteiger charge is -2.30. The maximum atomic E-state index is 12.4. The molecule has 0 radical (unpaired) electrons. The van der Waals surface area contributed by atoms with Crippen molar-refractivity contribution in [3.63, 3.8) is 0 Å². The molecular formula is C15H17N3O4. The van der Waals surface area contributed by atoms with Crippen LogP contribution in [-0.4, -0.2) is 29.6 Å². The molecule has 7 heteroatoms. The van der Waals surface area contributed by atoms with E-state index in [1.807, 2.05) is 6.92 Å². The van der Waals surface area contributed by atoms with Crippen LogP contribution in [0.4, 0.5) is 5.69 Å². The summed E-state index contributed by atoms with van der Waals surface area (Å²) in [7, 11) is 1.36. The van der Waals surface area contributed by atoms with Crippen molar-refractivity contribution >= 4 is 11.7 Å². The molecule has 2 aliphatic rings. The maximum Gasteiger partial charge on any atom is 0.336 e. The van der Waals surface area contributed by atoms with Crippen LogP contribution in [0.1, 0.15) is 25.3 Å². The van der Waals surface area contributed by atoms with E-state index < -0.39 is 10.5 Å². The Hall–Kier alpha value is -2.31. The summed E-state index contributed by atoms with van der Waals surface area (Å²) in [6, 6.07) is 6.20. The molecule has 1 fully saturated rings. The number of carbonyl (C=O) groups is 1. The zero-order valence-electron chi connectivity index (χ0n) is 12.5. The Kier molecular flexibility index (Phi) is 3.23. The van der Waals surface area contributed by atoms with Gasteiger partial charge in [0, 0.05) is 24.0 Å². The van der Waals surface area contributed by atoms with Crippen molar-refractivity contribution in [2.75, 3.05) is 7.11 Å². The summed E-state index contributed by atoms with van der Waals surface area (Å²) >= 11 is 0. The standard InChI is InChI=1S/C15H17N3O4/c1-10-14(7-8-14)15(17-16-10,13(19)22-2)9-11-3-5-12(6-4-11)18(20)21/h3-6,10H,7-9H2,1-2H3/t10-,15+/m1/s1. The lowest BCUT2D eigenvalue weighted by molar-refractivity contribution is -0.384. The fraction of sp³-hybridized carbons (Fsp3) is 0.533. The first kappa shape index (κ1) is 14.6. The Morgan fingerprint density at radius 1 is 1.41 bits per heavy atom. The molecule has 7 nitrogen and oxygen atoms in total. The first-order valence-electron chi connectivity index (χ1n) is 7.19. The van der Waals surface area contributed by atoms with Crippen LogP contribution in [0.25, 0.3) is 0 Å². The van der Waals surface area contributed by atoms with Crippen molar-refractivity contribution in [2.24, 2.45) is 15.6 Å². The third-order valence-electron chi connectivity index (χ3n) is 4.94. The molecule has 0 bridgehead atoms. The van der Waals surface area contributed by atoms with Crippen LogP contribution in [0.3, 0.4) is 0 Å². The van der Waals surface area contributed by atoms with E-state index in [4.69, 9.17) is 4.74 Å². The van der Waals surface area contributed by atoms with Gasteiger partial charge in [-0.15, -0.1) is 0 Å². The van der Waals surface area contributed by atoms with Crippen LogP contribution in [-0.2, 0) is 16.0 Å². The highest BCUT2D eigenvalue weighted by Gasteiger charge is 2.70. The van der Waals surface area contributed by atoms with E-state index >= 15 is 0 Å². The molecule has 0 N–H and O–H groups in total. The van der Waals surface area contributed by atoms with Crippen molar-refractivity contribution in [1.82, 2.24) is 0 Å². The number of nitrogens with zero attached hydrogens (tertiary/aromatic N) is 3. The number of benzene rings is 1. The highest BCUT2D eigenvalue weighted by Crippen LogP contribution is 2.63. The van der Waals surface area contributed by atoms with Gasteiger partial charge in [-0.3, -0.25) is 10.1 Å². The van der Waals surface area contributed by atoms with Gasteiger partial charge in [0.15, 0.2) is 5.54 Å². The number of rotatable bonds is 4. The minimum Gasteiger partial charge on any atom is -0.467 e. The summed E-state index contributed by atoms with van der Waals surface area (Å²) in [6.45, 7) is 1.97. The normalized spacial score (nSPS) is 27.8. The zero-order valence-corrected chi connectivity index (χ0v) is 12.5. The maximum absolute atomic E-state index is 12.4. The predicted molar refractivity (Wildman–Crippen MR) is 77.5 cm³/mol. The molecular weight excluding hydrogens is 286 g/mol. The van der Waals surface area contributed by atoms with Gasteiger partial charge in [-0.25, -0.2) is 4.79 Å². The van der Waals surface area contributed by atoms with E-state index in [0.717, 1.165) is 18.4 Å². The number of hydrogen-bond donors (Lipinski definition) is 0. The second-order valence-corrected chi connectivity index (χ2v) is 6.00. The second-order valence-electron chi connectivity index (χ2n) is 6.00. The molecule has 22 heavy (non-hydrogen) atoms. The number of hydrogen-bond acceptors (Lipinski definition) is 6. The van der Waals surface area contributed by atoms with Crippen LogP contribution in [0.15, 0.2) is 34.5 Å². The lowest BCUT2D eigenvalue weighted by atomic mass is 9.74. The van der Waals surface area contributed by atoms with Crippen molar-refractivity contribution in [2.45, 2.75) is 37.8 Å². The van der Waals surface area contributed by atoms with Gasteiger partial charge >= 0.3 is 5.97 Å². The predicted octanol–water partition coefficient (Wildman–Crippen LogP) is 2.68. The van der Waals surface area contributed by atoms with Gasteiger partial charge in [0.1, 0.15) is 0 Å². The molecule has 0 unspecified atom stereocenters. The van der Waals surface area contributed by atoms with Crippen molar-refractivity contribution in [3.05, 3.63) is 39.9 Å². The highest BCUT2D eigenvalue weighted by molar-refractivity contribution is 5.84. The van der Waals surface area contributed by atoms with Crippen molar-refractivity contribution < 1.29 is 14.5 Å². The molecule has 3 rings (SSSR count). The Bertz CT molecular complexity index is 651. The minimum atomic E-state index is -1.00. The molecule has 1 heterocycles. The number of nitro groups is 1.